The number of halogens is 2. The van der Waals surface area contributed by atoms with Crippen LogP contribution in [0.4, 0.5) is 16.2 Å². The molecule has 2 aromatic carbocycles. The molecule has 0 saturated carbocycles. The minimum Gasteiger partial charge on any atom is -0.372 e. The lowest BCUT2D eigenvalue weighted by Gasteiger charge is -2.31. The number of hydrogen-bond donors (Lipinski definition) is 2. The van der Waals surface area contributed by atoms with Gasteiger partial charge in [-0.1, -0.05) is 48.0 Å². The topological polar surface area (TPSA) is 112 Å². The molecule has 4 aromatic rings. The third-order valence-corrected chi connectivity index (χ3v) is 9.57. The van der Waals surface area contributed by atoms with Gasteiger partial charge in [-0.15, -0.1) is 0 Å². The molecule has 3 amide bonds. The number of likely N-dealkylation sites (tertiary alicyclic amines) is 2. The first-order valence-electron chi connectivity index (χ1n) is 16.7. The lowest BCUT2D eigenvalue weighted by atomic mass is 9.95. The Morgan fingerprint density at radius 1 is 0.796 bits per heavy atom. The van der Waals surface area contributed by atoms with Crippen LogP contribution in [0.3, 0.4) is 0 Å². The van der Waals surface area contributed by atoms with E-state index in [1.54, 1.807) is 13.0 Å². The first-order valence-corrected chi connectivity index (χ1v) is 17.5. The van der Waals surface area contributed by atoms with Gasteiger partial charge >= 0.3 is 6.03 Å². The molecule has 0 atom stereocenters. The van der Waals surface area contributed by atoms with Crippen molar-refractivity contribution in [2.75, 3.05) is 36.8 Å². The van der Waals surface area contributed by atoms with Crippen molar-refractivity contribution in [1.29, 1.82) is 0 Å². The number of benzene rings is 2. The van der Waals surface area contributed by atoms with E-state index in [4.69, 9.17) is 23.2 Å². The van der Waals surface area contributed by atoms with Crippen LogP contribution < -0.4 is 16.2 Å². The van der Waals surface area contributed by atoms with E-state index in [9.17, 15) is 14.4 Å². The molecular formula is C37H39Cl2N7O3. The van der Waals surface area contributed by atoms with Gasteiger partial charge in [-0.25, -0.2) is 9.48 Å². The molecule has 2 aromatic heterocycles. The van der Waals surface area contributed by atoms with Crippen molar-refractivity contribution >= 4 is 52.2 Å². The number of pyridine rings is 1. The Bertz CT molecular complexity index is 1880. The molecule has 0 unspecified atom stereocenters. The maximum absolute atomic E-state index is 13.8. The number of carbonyl (C=O) groups is 2. The summed E-state index contributed by atoms with van der Waals surface area (Å²) in [6.45, 7) is 9.96. The van der Waals surface area contributed by atoms with Gasteiger partial charge in [0.15, 0.2) is 0 Å². The summed E-state index contributed by atoms with van der Waals surface area (Å²) in [5.74, 6) is 0.0328. The molecule has 2 aliphatic heterocycles. The van der Waals surface area contributed by atoms with Crippen LogP contribution in [0.1, 0.15) is 61.4 Å². The van der Waals surface area contributed by atoms with Crippen molar-refractivity contribution in [2.45, 2.75) is 52.0 Å². The van der Waals surface area contributed by atoms with Gasteiger partial charge in [-0.2, -0.15) is 5.10 Å². The summed E-state index contributed by atoms with van der Waals surface area (Å²) in [5, 5.41) is 10.1. The lowest BCUT2D eigenvalue weighted by molar-refractivity contribution is 0.0724. The van der Waals surface area contributed by atoms with E-state index < -0.39 is 11.6 Å². The molecular weight excluding hydrogens is 661 g/mol. The minimum atomic E-state index is -0.697. The maximum atomic E-state index is 13.8. The molecule has 0 bridgehead atoms. The zero-order chi connectivity index (χ0) is 34.5. The number of nitrogens with one attached hydrogen (secondary N) is 2. The van der Waals surface area contributed by atoms with E-state index in [2.05, 4.69) is 38.3 Å². The van der Waals surface area contributed by atoms with E-state index >= 15 is 0 Å². The molecule has 4 heterocycles. The number of piperidine rings is 2. The summed E-state index contributed by atoms with van der Waals surface area (Å²) in [4.78, 5) is 48.1. The Kier molecular flexibility index (Phi) is 10.7. The van der Waals surface area contributed by atoms with Crippen molar-refractivity contribution in [1.82, 2.24) is 24.6 Å². The first kappa shape index (κ1) is 34.2. The van der Waals surface area contributed by atoms with Crippen LogP contribution in [0.5, 0.6) is 0 Å². The number of aromatic nitrogens is 3. The van der Waals surface area contributed by atoms with E-state index in [-0.39, 0.29) is 33.9 Å². The Balaban J connectivity index is 1.35. The van der Waals surface area contributed by atoms with Gasteiger partial charge in [0.05, 0.1) is 21.4 Å². The molecule has 6 rings (SSSR count). The van der Waals surface area contributed by atoms with Crippen LogP contribution >= 0.6 is 23.2 Å². The average molecular weight is 701 g/mol. The van der Waals surface area contributed by atoms with E-state index in [0.717, 1.165) is 86.2 Å². The maximum Gasteiger partial charge on any atom is 0.323 e. The summed E-state index contributed by atoms with van der Waals surface area (Å²) in [7, 11) is 0. The number of hydrogen-bond acceptors (Lipinski definition) is 6. The number of anilines is 2. The fraction of sp³-hybridized carbons (Fsp3) is 0.324. The third-order valence-electron chi connectivity index (χ3n) is 9.00. The number of carbonyl (C=O) groups excluding carboxylic acids is 2. The van der Waals surface area contributed by atoms with Gasteiger partial charge in [-0.3, -0.25) is 14.6 Å². The predicted octanol–water partition coefficient (Wildman–Crippen LogP) is 8.03. The summed E-state index contributed by atoms with van der Waals surface area (Å²) < 4.78 is 1.29. The smallest absolute Gasteiger partial charge is 0.323 e. The second kappa shape index (κ2) is 15.3. The second-order valence-corrected chi connectivity index (χ2v) is 13.2. The SMILES string of the molecule is C=C(c1cc(C(=O)N2CCCCC2)cc(-c2cccc(-c3cc(NC(=O)Nc4c(Cl)cncc4Cl)c(=O)n(CC)n3)c2)c1)N1CCCCC1. The standard InChI is InChI=1S/C37H39Cl2N7O3/c1-3-46-36(48)33(41-37(49)42-34-30(38)22-40-23-31(34)39)21-32(43-46)26-12-10-11-25(17-26)28-18-27(24(2)44-13-6-4-7-14-44)19-29(20-28)35(47)45-15-8-5-9-16-45/h10-12,17-23H,2-9,13-16H2,1H3,(H2,40,41,42,49). The number of amides is 3. The van der Waals surface area contributed by atoms with Crippen LogP contribution in [0.25, 0.3) is 28.1 Å². The number of rotatable bonds is 8. The van der Waals surface area contributed by atoms with Gasteiger partial charge < -0.3 is 20.4 Å². The van der Waals surface area contributed by atoms with E-state index in [0.29, 0.717) is 11.3 Å². The third kappa shape index (κ3) is 7.81. The summed E-state index contributed by atoms with van der Waals surface area (Å²) in [6, 6.07) is 14.7. The molecule has 0 aliphatic carbocycles. The summed E-state index contributed by atoms with van der Waals surface area (Å²) in [5.41, 5.74) is 5.21. The van der Waals surface area contributed by atoms with Gasteiger partial charge in [0, 0.05) is 61.9 Å². The Hall–Kier alpha value is -4.67. The van der Waals surface area contributed by atoms with Crippen LogP contribution in [-0.2, 0) is 6.54 Å². The highest BCUT2D eigenvalue weighted by atomic mass is 35.5. The fourth-order valence-corrected chi connectivity index (χ4v) is 6.81. The molecule has 0 spiro atoms. The molecule has 2 N–H and O–H groups in total. The second-order valence-electron chi connectivity index (χ2n) is 12.3. The largest absolute Gasteiger partial charge is 0.372 e. The van der Waals surface area contributed by atoms with Crippen molar-refractivity contribution in [3.05, 3.63) is 99.0 Å². The zero-order valence-corrected chi connectivity index (χ0v) is 29.0. The van der Waals surface area contributed by atoms with Crippen LogP contribution in [0, 0.1) is 0 Å². The van der Waals surface area contributed by atoms with Crippen LogP contribution in [0.15, 0.2) is 72.3 Å². The quantitative estimate of drug-likeness (QED) is 0.193. The lowest BCUT2D eigenvalue weighted by Crippen LogP contribution is -2.35. The Labute approximate surface area is 295 Å². The fourth-order valence-electron chi connectivity index (χ4n) is 6.35. The number of nitrogens with zero attached hydrogens (tertiary/aromatic N) is 5. The highest BCUT2D eigenvalue weighted by molar-refractivity contribution is 6.39. The highest BCUT2D eigenvalue weighted by Crippen LogP contribution is 2.32. The molecule has 2 fully saturated rings. The molecule has 12 heteroatoms. The monoisotopic (exact) mass is 699 g/mol. The molecule has 0 radical (unpaired) electrons. The summed E-state index contributed by atoms with van der Waals surface area (Å²) in [6.07, 6.45) is 9.34. The van der Waals surface area contributed by atoms with Gasteiger partial charge in [-0.05, 0) is 92.5 Å². The molecule has 2 saturated heterocycles. The van der Waals surface area contributed by atoms with Crippen molar-refractivity contribution < 1.29 is 9.59 Å². The van der Waals surface area contributed by atoms with Crippen molar-refractivity contribution in [2.24, 2.45) is 0 Å². The summed E-state index contributed by atoms with van der Waals surface area (Å²) >= 11 is 12.3. The van der Waals surface area contributed by atoms with Crippen LogP contribution in [-0.4, -0.2) is 62.7 Å². The van der Waals surface area contributed by atoms with Crippen LogP contribution in [0.2, 0.25) is 10.0 Å². The van der Waals surface area contributed by atoms with E-state index in [1.807, 2.05) is 41.3 Å². The first-order chi connectivity index (χ1) is 23.7. The van der Waals surface area contributed by atoms with Crippen molar-refractivity contribution in [3.63, 3.8) is 0 Å². The zero-order valence-electron chi connectivity index (χ0n) is 27.5. The average Bonchev–Trinajstić information content (AvgIpc) is 3.14. The Morgan fingerprint density at radius 2 is 1.43 bits per heavy atom. The number of urea groups is 1. The number of aryl methyl sites for hydroxylation is 1. The van der Waals surface area contributed by atoms with Gasteiger partial charge in [0.1, 0.15) is 5.69 Å². The highest BCUT2D eigenvalue weighted by Gasteiger charge is 2.22. The molecule has 49 heavy (non-hydrogen) atoms. The molecule has 254 valence electrons. The molecule has 2 aliphatic rings. The van der Waals surface area contributed by atoms with E-state index in [1.165, 1.54) is 23.5 Å². The minimum absolute atomic E-state index is 0.0327. The molecule has 10 nitrogen and oxygen atoms in total. The predicted molar refractivity (Wildman–Crippen MR) is 196 cm³/mol. The van der Waals surface area contributed by atoms with Gasteiger partial charge in [0.2, 0.25) is 0 Å². The van der Waals surface area contributed by atoms with Gasteiger partial charge in [0.25, 0.3) is 11.5 Å². The Morgan fingerprint density at radius 3 is 2.10 bits per heavy atom. The normalized spacial score (nSPS) is 14.8. The van der Waals surface area contributed by atoms with Crippen molar-refractivity contribution in [3.8, 4) is 22.4 Å².